The summed E-state index contributed by atoms with van der Waals surface area (Å²) in [6.45, 7) is 0. The summed E-state index contributed by atoms with van der Waals surface area (Å²) in [6.07, 6.45) is 3.88. The molecule has 0 fully saturated rings. The van der Waals surface area contributed by atoms with Crippen molar-refractivity contribution >= 4 is 0 Å². The quantitative estimate of drug-likeness (QED) is 0.650. The van der Waals surface area contributed by atoms with Crippen molar-refractivity contribution in [2.75, 3.05) is 0 Å². The lowest BCUT2D eigenvalue weighted by atomic mass is 10.3. The number of phenolic OH excluding ortho intramolecular Hbond substituents is 1. The zero-order valence-electron chi connectivity index (χ0n) is 7.09. The predicted octanol–water partition coefficient (Wildman–Crippen LogP) is 1.67. The number of aromatic nitrogens is 1. The summed E-state index contributed by atoms with van der Waals surface area (Å²) in [4.78, 5) is 0. The molecule has 2 heteroatoms. The molecule has 0 saturated carbocycles. The van der Waals surface area contributed by atoms with E-state index in [1.807, 2.05) is 47.3 Å². The smallest absolute Gasteiger partial charge is 0.214 e. The zero-order chi connectivity index (χ0) is 9.10. The number of rotatable bonds is 1. The number of hydrogen-bond acceptors (Lipinski definition) is 1. The highest BCUT2D eigenvalue weighted by molar-refractivity contribution is 5.31. The van der Waals surface area contributed by atoms with Crippen LogP contribution in [0.1, 0.15) is 0 Å². The molecular formula is C11H10NO+. The van der Waals surface area contributed by atoms with Crippen molar-refractivity contribution < 1.29 is 9.67 Å². The lowest BCUT2D eigenvalue weighted by molar-refractivity contribution is -0.595. The van der Waals surface area contributed by atoms with Gasteiger partial charge in [0.2, 0.25) is 5.69 Å². The first-order valence-electron chi connectivity index (χ1n) is 4.12. The van der Waals surface area contributed by atoms with E-state index in [9.17, 15) is 5.11 Å². The van der Waals surface area contributed by atoms with Crippen LogP contribution in [0.2, 0.25) is 0 Å². The minimum atomic E-state index is 0.286. The number of pyridine rings is 1. The van der Waals surface area contributed by atoms with Crippen LogP contribution in [-0.2, 0) is 0 Å². The number of nitrogens with zero attached hydrogens (tertiary/aromatic N) is 1. The summed E-state index contributed by atoms with van der Waals surface area (Å²) in [5.41, 5.74) is 0.959. The Labute approximate surface area is 76.7 Å². The summed E-state index contributed by atoms with van der Waals surface area (Å²) in [5, 5.41) is 9.26. The van der Waals surface area contributed by atoms with Gasteiger partial charge in [-0.05, 0) is 6.07 Å². The molecule has 0 aliphatic heterocycles. The Morgan fingerprint density at radius 3 is 2.38 bits per heavy atom. The molecule has 0 amide bonds. The minimum absolute atomic E-state index is 0.286. The third kappa shape index (κ3) is 1.67. The number of aromatic hydroxyl groups is 1. The maximum atomic E-state index is 9.26. The Hall–Kier alpha value is -1.83. The van der Waals surface area contributed by atoms with Crippen molar-refractivity contribution in [1.29, 1.82) is 0 Å². The SMILES string of the molecule is Oc1cccc(-[n+]2ccccc2)c1. The normalized spacial score (nSPS) is 9.85. The van der Waals surface area contributed by atoms with E-state index < -0.39 is 0 Å². The second-order valence-corrected chi connectivity index (χ2v) is 2.80. The molecule has 0 atom stereocenters. The first-order valence-corrected chi connectivity index (χ1v) is 4.12. The standard InChI is InChI=1S/C11H9NO/c13-11-6-4-5-10(9-11)12-7-2-1-3-8-12/h1-9H/p+1. The Morgan fingerprint density at radius 1 is 0.923 bits per heavy atom. The fraction of sp³-hybridized carbons (Fsp3) is 0. The van der Waals surface area contributed by atoms with Crippen molar-refractivity contribution in [2.24, 2.45) is 0 Å². The second-order valence-electron chi connectivity index (χ2n) is 2.80. The molecule has 1 heterocycles. The fourth-order valence-electron chi connectivity index (χ4n) is 1.22. The van der Waals surface area contributed by atoms with E-state index in [2.05, 4.69) is 0 Å². The van der Waals surface area contributed by atoms with E-state index in [0.717, 1.165) is 5.69 Å². The molecule has 2 aromatic rings. The first-order chi connectivity index (χ1) is 6.36. The summed E-state index contributed by atoms with van der Waals surface area (Å²) in [7, 11) is 0. The number of phenols is 1. The molecule has 1 aromatic carbocycles. The van der Waals surface area contributed by atoms with Crippen LogP contribution in [0.5, 0.6) is 5.75 Å². The Bertz CT molecular complexity index is 398. The molecule has 0 bridgehead atoms. The summed E-state index contributed by atoms with van der Waals surface area (Å²) in [5.74, 6) is 0.286. The van der Waals surface area contributed by atoms with Crippen LogP contribution >= 0.6 is 0 Å². The average Bonchev–Trinajstić information content (AvgIpc) is 2.19. The number of benzene rings is 1. The average molecular weight is 172 g/mol. The molecular weight excluding hydrogens is 162 g/mol. The molecule has 2 nitrogen and oxygen atoms in total. The zero-order valence-corrected chi connectivity index (χ0v) is 7.09. The van der Waals surface area contributed by atoms with Gasteiger partial charge in [0.25, 0.3) is 0 Å². The van der Waals surface area contributed by atoms with Crippen molar-refractivity contribution in [3.05, 3.63) is 54.9 Å². The molecule has 13 heavy (non-hydrogen) atoms. The van der Waals surface area contributed by atoms with E-state index in [0.29, 0.717) is 0 Å². The van der Waals surface area contributed by atoms with Crippen molar-refractivity contribution in [3.63, 3.8) is 0 Å². The Kier molecular flexibility index (Phi) is 1.96. The Balaban J connectivity index is 2.48. The van der Waals surface area contributed by atoms with Gasteiger partial charge >= 0.3 is 0 Å². The first kappa shape index (κ1) is 7.80. The van der Waals surface area contributed by atoms with E-state index in [1.54, 1.807) is 12.1 Å². The monoisotopic (exact) mass is 172 g/mol. The van der Waals surface area contributed by atoms with E-state index in [4.69, 9.17) is 0 Å². The second kappa shape index (κ2) is 3.27. The topological polar surface area (TPSA) is 24.1 Å². The third-order valence-corrected chi connectivity index (χ3v) is 1.84. The fourth-order valence-corrected chi connectivity index (χ4v) is 1.22. The minimum Gasteiger partial charge on any atom is -0.508 e. The third-order valence-electron chi connectivity index (χ3n) is 1.84. The van der Waals surface area contributed by atoms with Crippen LogP contribution < -0.4 is 4.57 Å². The highest BCUT2D eigenvalue weighted by Gasteiger charge is 2.03. The van der Waals surface area contributed by atoms with Crippen LogP contribution in [0.4, 0.5) is 0 Å². The van der Waals surface area contributed by atoms with Gasteiger partial charge in [-0.1, -0.05) is 12.1 Å². The number of hydrogen-bond donors (Lipinski definition) is 1. The Morgan fingerprint density at radius 2 is 1.69 bits per heavy atom. The summed E-state index contributed by atoms with van der Waals surface area (Å²) >= 11 is 0. The van der Waals surface area contributed by atoms with Crippen LogP contribution in [0.3, 0.4) is 0 Å². The summed E-state index contributed by atoms with van der Waals surface area (Å²) < 4.78 is 1.94. The van der Waals surface area contributed by atoms with Gasteiger partial charge in [0.05, 0.1) is 6.07 Å². The van der Waals surface area contributed by atoms with Gasteiger partial charge in [-0.2, -0.15) is 4.57 Å². The highest BCUT2D eigenvalue weighted by Crippen LogP contribution is 2.09. The van der Waals surface area contributed by atoms with Crippen LogP contribution in [-0.4, -0.2) is 5.11 Å². The van der Waals surface area contributed by atoms with Crippen LogP contribution in [0.25, 0.3) is 5.69 Å². The molecule has 1 aromatic heterocycles. The molecule has 1 N–H and O–H groups in total. The highest BCUT2D eigenvalue weighted by atomic mass is 16.3. The van der Waals surface area contributed by atoms with Gasteiger partial charge in [-0.3, -0.25) is 0 Å². The van der Waals surface area contributed by atoms with Gasteiger partial charge in [0.15, 0.2) is 12.4 Å². The van der Waals surface area contributed by atoms with Gasteiger partial charge in [-0.15, -0.1) is 0 Å². The van der Waals surface area contributed by atoms with Crippen molar-refractivity contribution in [3.8, 4) is 11.4 Å². The molecule has 0 spiro atoms. The molecule has 0 aliphatic carbocycles. The molecule has 64 valence electrons. The maximum Gasteiger partial charge on any atom is 0.214 e. The summed E-state index contributed by atoms with van der Waals surface area (Å²) in [6, 6.07) is 13.0. The van der Waals surface area contributed by atoms with Gasteiger partial charge < -0.3 is 5.11 Å². The van der Waals surface area contributed by atoms with E-state index in [1.165, 1.54) is 0 Å². The molecule has 0 saturated heterocycles. The molecule has 0 aliphatic rings. The lowest BCUT2D eigenvalue weighted by Gasteiger charge is -1.94. The van der Waals surface area contributed by atoms with Gasteiger partial charge in [-0.25, -0.2) is 0 Å². The van der Waals surface area contributed by atoms with Crippen LogP contribution in [0, 0.1) is 0 Å². The van der Waals surface area contributed by atoms with Crippen LogP contribution in [0.15, 0.2) is 54.9 Å². The van der Waals surface area contributed by atoms with Gasteiger partial charge in [0.1, 0.15) is 5.75 Å². The lowest BCUT2D eigenvalue weighted by Crippen LogP contribution is -2.28. The van der Waals surface area contributed by atoms with Gasteiger partial charge in [0, 0.05) is 18.2 Å². The predicted molar refractivity (Wildman–Crippen MR) is 49.6 cm³/mol. The van der Waals surface area contributed by atoms with E-state index >= 15 is 0 Å². The molecule has 0 unspecified atom stereocenters. The molecule has 2 rings (SSSR count). The largest absolute Gasteiger partial charge is 0.508 e. The van der Waals surface area contributed by atoms with Crippen molar-refractivity contribution in [2.45, 2.75) is 0 Å². The van der Waals surface area contributed by atoms with E-state index in [-0.39, 0.29) is 5.75 Å². The molecule has 0 radical (unpaired) electrons. The van der Waals surface area contributed by atoms with Crippen molar-refractivity contribution in [1.82, 2.24) is 0 Å². The maximum absolute atomic E-state index is 9.26.